The topological polar surface area (TPSA) is 44.8 Å². The number of carbonyl (C=O) groups excluding carboxylic acids is 1. The van der Waals surface area contributed by atoms with Gasteiger partial charge in [0.15, 0.2) is 5.79 Å². The minimum absolute atomic E-state index is 0.358. The van der Waals surface area contributed by atoms with Crippen molar-refractivity contribution in [2.75, 3.05) is 21.3 Å². The SMILES string of the molecule is COC(=O)c1ccc(C(C)(OC)OC)cc1. The molecule has 0 fully saturated rings. The molecule has 0 aliphatic carbocycles. The lowest BCUT2D eigenvalue weighted by Gasteiger charge is -2.26. The van der Waals surface area contributed by atoms with E-state index in [-0.39, 0.29) is 5.97 Å². The van der Waals surface area contributed by atoms with E-state index in [1.165, 1.54) is 7.11 Å². The average molecular weight is 224 g/mol. The largest absolute Gasteiger partial charge is 0.465 e. The van der Waals surface area contributed by atoms with Crippen LogP contribution in [0.5, 0.6) is 0 Å². The van der Waals surface area contributed by atoms with E-state index in [0.29, 0.717) is 5.56 Å². The van der Waals surface area contributed by atoms with Gasteiger partial charge >= 0.3 is 5.97 Å². The molecule has 0 radical (unpaired) electrons. The van der Waals surface area contributed by atoms with E-state index < -0.39 is 5.79 Å². The van der Waals surface area contributed by atoms with Gasteiger partial charge in [0, 0.05) is 19.8 Å². The summed E-state index contributed by atoms with van der Waals surface area (Å²) in [5.41, 5.74) is 1.34. The molecule has 0 aliphatic heterocycles. The Hall–Kier alpha value is -1.39. The molecule has 88 valence electrons. The Morgan fingerprint density at radius 2 is 1.56 bits per heavy atom. The van der Waals surface area contributed by atoms with Crippen LogP contribution >= 0.6 is 0 Å². The zero-order chi connectivity index (χ0) is 12.2. The molecular weight excluding hydrogens is 208 g/mol. The Balaban J connectivity index is 2.98. The van der Waals surface area contributed by atoms with Crippen LogP contribution < -0.4 is 0 Å². The second-order valence-electron chi connectivity index (χ2n) is 3.42. The Morgan fingerprint density at radius 3 is 1.94 bits per heavy atom. The lowest BCUT2D eigenvalue weighted by Crippen LogP contribution is -2.26. The molecule has 1 rings (SSSR count). The minimum atomic E-state index is -0.797. The van der Waals surface area contributed by atoms with E-state index in [0.717, 1.165) is 5.56 Å². The van der Waals surface area contributed by atoms with Gasteiger partial charge in [0.25, 0.3) is 0 Å². The zero-order valence-electron chi connectivity index (χ0n) is 9.94. The summed E-state index contributed by atoms with van der Waals surface area (Å²) in [4.78, 5) is 11.2. The Bertz CT molecular complexity index is 352. The maximum atomic E-state index is 11.2. The Kier molecular flexibility index (Phi) is 4.04. The number of carbonyl (C=O) groups is 1. The van der Waals surface area contributed by atoms with Crippen molar-refractivity contribution in [1.29, 1.82) is 0 Å². The highest BCUT2D eigenvalue weighted by molar-refractivity contribution is 5.89. The molecular formula is C12H16O4. The van der Waals surface area contributed by atoms with Crippen molar-refractivity contribution in [1.82, 2.24) is 0 Å². The summed E-state index contributed by atoms with van der Waals surface area (Å²) in [6.07, 6.45) is 0. The van der Waals surface area contributed by atoms with Crippen molar-refractivity contribution >= 4 is 5.97 Å². The number of hydrogen-bond donors (Lipinski definition) is 0. The van der Waals surface area contributed by atoms with Crippen LogP contribution in [0.2, 0.25) is 0 Å². The van der Waals surface area contributed by atoms with Crippen molar-refractivity contribution in [3.63, 3.8) is 0 Å². The lowest BCUT2D eigenvalue weighted by atomic mass is 10.1. The van der Waals surface area contributed by atoms with Gasteiger partial charge in [0.2, 0.25) is 0 Å². The number of rotatable bonds is 4. The van der Waals surface area contributed by atoms with E-state index in [1.807, 2.05) is 0 Å². The number of esters is 1. The molecule has 0 amide bonds. The standard InChI is InChI=1S/C12H16O4/c1-12(15-3,16-4)10-7-5-9(6-8-10)11(13)14-2/h5-8H,1-4H3. The summed E-state index contributed by atoms with van der Waals surface area (Å²) in [5.74, 6) is -1.16. The quantitative estimate of drug-likeness (QED) is 0.579. The smallest absolute Gasteiger partial charge is 0.337 e. The first-order valence-corrected chi connectivity index (χ1v) is 4.86. The lowest BCUT2D eigenvalue weighted by molar-refractivity contribution is -0.201. The summed E-state index contributed by atoms with van der Waals surface area (Å²) in [5, 5.41) is 0. The predicted molar refractivity (Wildman–Crippen MR) is 59.2 cm³/mol. The van der Waals surface area contributed by atoms with Crippen LogP contribution in [0.4, 0.5) is 0 Å². The fourth-order valence-electron chi connectivity index (χ4n) is 1.35. The van der Waals surface area contributed by atoms with Gasteiger partial charge in [-0.25, -0.2) is 4.79 Å². The van der Waals surface area contributed by atoms with Crippen molar-refractivity contribution in [2.24, 2.45) is 0 Å². The van der Waals surface area contributed by atoms with Crippen molar-refractivity contribution in [3.8, 4) is 0 Å². The van der Waals surface area contributed by atoms with Crippen LogP contribution in [0.25, 0.3) is 0 Å². The molecule has 0 N–H and O–H groups in total. The summed E-state index contributed by atoms with van der Waals surface area (Å²) >= 11 is 0. The van der Waals surface area contributed by atoms with Gasteiger partial charge in [-0.05, 0) is 19.1 Å². The molecule has 1 aromatic rings. The molecule has 0 spiro atoms. The van der Waals surface area contributed by atoms with Crippen molar-refractivity contribution in [3.05, 3.63) is 35.4 Å². The second-order valence-corrected chi connectivity index (χ2v) is 3.42. The van der Waals surface area contributed by atoms with E-state index in [9.17, 15) is 4.79 Å². The van der Waals surface area contributed by atoms with E-state index in [4.69, 9.17) is 9.47 Å². The molecule has 16 heavy (non-hydrogen) atoms. The molecule has 1 aromatic carbocycles. The molecule has 4 heteroatoms. The van der Waals surface area contributed by atoms with Gasteiger partial charge in [0.1, 0.15) is 0 Å². The molecule has 0 saturated carbocycles. The van der Waals surface area contributed by atoms with E-state index in [2.05, 4.69) is 4.74 Å². The van der Waals surface area contributed by atoms with Gasteiger partial charge in [-0.2, -0.15) is 0 Å². The van der Waals surface area contributed by atoms with Gasteiger partial charge in [-0.3, -0.25) is 0 Å². The van der Waals surface area contributed by atoms with Gasteiger partial charge in [-0.15, -0.1) is 0 Å². The van der Waals surface area contributed by atoms with Crippen LogP contribution in [0.15, 0.2) is 24.3 Å². The van der Waals surface area contributed by atoms with Crippen LogP contribution in [0, 0.1) is 0 Å². The normalized spacial score (nSPS) is 11.2. The number of methoxy groups -OCH3 is 3. The predicted octanol–water partition coefficient (Wildman–Crippen LogP) is 1.94. The molecule has 0 unspecified atom stereocenters. The van der Waals surface area contributed by atoms with E-state index in [1.54, 1.807) is 45.4 Å². The van der Waals surface area contributed by atoms with Crippen molar-refractivity contribution in [2.45, 2.75) is 12.7 Å². The highest BCUT2D eigenvalue weighted by atomic mass is 16.7. The third-order valence-electron chi connectivity index (χ3n) is 2.61. The highest BCUT2D eigenvalue weighted by Gasteiger charge is 2.25. The number of hydrogen-bond acceptors (Lipinski definition) is 4. The van der Waals surface area contributed by atoms with Crippen molar-refractivity contribution < 1.29 is 19.0 Å². The van der Waals surface area contributed by atoms with Gasteiger partial charge < -0.3 is 14.2 Å². The first-order valence-electron chi connectivity index (χ1n) is 4.86. The monoisotopic (exact) mass is 224 g/mol. The molecule has 0 bridgehead atoms. The summed E-state index contributed by atoms with van der Waals surface area (Å²) in [6.45, 7) is 1.81. The van der Waals surface area contributed by atoms with Crippen LogP contribution in [0.1, 0.15) is 22.8 Å². The first-order chi connectivity index (χ1) is 7.57. The number of benzene rings is 1. The molecule has 0 aliphatic rings. The molecule has 0 heterocycles. The fraction of sp³-hybridized carbons (Fsp3) is 0.417. The fourth-order valence-corrected chi connectivity index (χ4v) is 1.35. The Labute approximate surface area is 95.1 Å². The van der Waals surface area contributed by atoms with Crippen LogP contribution in [-0.4, -0.2) is 27.3 Å². The summed E-state index contributed by atoms with van der Waals surface area (Å²) in [7, 11) is 4.49. The number of ether oxygens (including phenoxy) is 3. The molecule has 0 aromatic heterocycles. The highest BCUT2D eigenvalue weighted by Crippen LogP contribution is 2.25. The van der Waals surface area contributed by atoms with Crippen LogP contribution in [0.3, 0.4) is 0 Å². The summed E-state index contributed by atoms with van der Waals surface area (Å²) < 4.78 is 15.1. The Morgan fingerprint density at radius 1 is 1.06 bits per heavy atom. The minimum Gasteiger partial charge on any atom is -0.465 e. The van der Waals surface area contributed by atoms with Crippen LogP contribution in [-0.2, 0) is 20.0 Å². The third-order valence-corrected chi connectivity index (χ3v) is 2.61. The maximum absolute atomic E-state index is 11.2. The van der Waals surface area contributed by atoms with E-state index >= 15 is 0 Å². The molecule has 0 saturated heterocycles. The molecule has 4 nitrogen and oxygen atoms in total. The molecule has 0 atom stereocenters. The van der Waals surface area contributed by atoms with Gasteiger partial charge in [-0.1, -0.05) is 12.1 Å². The third kappa shape index (κ3) is 2.40. The summed E-state index contributed by atoms with van der Waals surface area (Å²) in [6, 6.07) is 6.91. The average Bonchev–Trinajstić information content (AvgIpc) is 2.37. The first kappa shape index (κ1) is 12.7. The zero-order valence-corrected chi connectivity index (χ0v) is 9.94. The van der Waals surface area contributed by atoms with Gasteiger partial charge in [0.05, 0.1) is 12.7 Å². The second kappa shape index (κ2) is 5.09. The maximum Gasteiger partial charge on any atom is 0.337 e.